The highest BCUT2D eigenvalue weighted by atomic mass is 32.1. The number of carbonyl (C=O) groups excluding carboxylic acids is 1. The van der Waals surface area contributed by atoms with E-state index in [1.165, 1.54) is 30.2 Å². The quantitative estimate of drug-likeness (QED) is 0.930. The van der Waals surface area contributed by atoms with Crippen LogP contribution in [0.3, 0.4) is 0 Å². The minimum absolute atomic E-state index is 0.0405. The minimum atomic E-state index is -0.279. The van der Waals surface area contributed by atoms with E-state index in [2.05, 4.69) is 10.3 Å². The monoisotopic (exact) mass is 318 g/mol. The van der Waals surface area contributed by atoms with E-state index in [1.807, 2.05) is 6.92 Å². The third kappa shape index (κ3) is 3.35. The van der Waals surface area contributed by atoms with Crippen molar-refractivity contribution in [2.45, 2.75) is 45.1 Å². The fraction of sp³-hybridized carbons (Fsp3) is 0.412. The third-order valence-corrected chi connectivity index (χ3v) is 5.23. The van der Waals surface area contributed by atoms with Gasteiger partial charge in [-0.2, -0.15) is 0 Å². The molecule has 1 aliphatic carbocycles. The van der Waals surface area contributed by atoms with Crippen molar-refractivity contribution < 1.29 is 9.18 Å². The van der Waals surface area contributed by atoms with Gasteiger partial charge in [0.2, 0.25) is 5.91 Å². The average molecular weight is 318 g/mol. The molecule has 1 N–H and O–H groups in total. The molecule has 0 atom stereocenters. The lowest BCUT2D eigenvalue weighted by atomic mass is 10.2. The number of nitrogens with zero attached hydrogens (tertiary/aromatic N) is 1. The Kier molecular flexibility index (Phi) is 4.52. The highest BCUT2D eigenvalue weighted by molar-refractivity contribution is 7.15. The summed E-state index contributed by atoms with van der Waals surface area (Å²) in [6.45, 7) is 1.87. The lowest BCUT2D eigenvalue weighted by Crippen LogP contribution is -2.33. The summed E-state index contributed by atoms with van der Waals surface area (Å²) in [6, 6.07) is 6.93. The molecule has 1 saturated carbocycles. The second kappa shape index (κ2) is 6.57. The van der Waals surface area contributed by atoms with Crippen molar-refractivity contribution in [3.8, 4) is 10.6 Å². The van der Waals surface area contributed by atoms with Crippen LogP contribution in [0.25, 0.3) is 10.6 Å². The summed E-state index contributed by atoms with van der Waals surface area (Å²) in [5.74, 6) is -0.239. The van der Waals surface area contributed by atoms with Gasteiger partial charge in [-0.25, -0.2) is 9.37 Å². The smallest absolute Gasteiger partial charge is 0.225 e. The van der Waals surface area contributed by atoms with E-state index in [-0.39, 0.29) is 11.7 Å². The van der Waals surface area contributed by atoms with E-state index >= 15 is 0 Å². The summed E-state index contributed by atoms with van der Waals surface area (Å²) in [6.07, 6.45) is 4.88. The maximum absolute atomic E-state index is 13.8. The molecule has 0 aliphatic heterocycles. The van der Waals surface area contributed by atoms with Gasteiger partial charge in [0, 0.05) is 16.5 Å². The molecular formula is C17H19FN2OS. The number of halogens is 1. The number of benzene rings is 1. The summed E-state index contributed by atoms with van der Waals surface area (Å²) < 4.78 is 13.8. The first kappa shape index (κ1) is 15.2. The molecule has 22 heavy (non-hydrogen) atoms. The topological polar surface area (TPSA) is 42.0 Å². The third-order valence-electron chi connectivity index (χ3n) is 4.04. The van der Waals surface area contributed by atoms with Gasteiger partial charge in [-0.1, -0.05) is 25.0 Å². The summed E-state index contributed by atoms with van der Waals surface area (Å²) in [5.41, 5.74) is 1.31. The zero-order valence-corrected chi connectivity index (χ0v) is 13.4. The van der Waals surface area contributed by atoms with Gasteiger partial charge in [0.1, 0.15) is 10.8 Å². The lowest BCUT2D eigenvalue weighted by molar-refractivity contribution is -0.121. The van der Waals surface area contributed by atoms with Gasteiger partial charge in [0.05, 0.1) is 12.1 Å². The van der Waals surface area contributed by atoms with Crippen LogP contribution in [0.2, 0.25) is 0 Å². The Balaban J connectivity index is 1.72. The molecule has 1 amide bonds. The Hall–Kier alpha value is -1.75. The molecule has 0 spiro atoms. The SMILES string of the molecule is Cc1nc(-c2ccccc2F)sc1CC(=O)NC1CCCC1. The van der Waals surface area contributed by atoms with Crippen LogP contribution in [-0.4, -0.2) is 16.9 Å². The van der Waals surface area contributed by atoms with E-state index in [0.29, 0.717) is 23.0 Å². The molecule has 1 aromatic carbocycles. The van der Waals surface area contributed by atoms with Gasteiger partial charge >= 0.3 is 0 Å². The van der Waals surface area contributed by atoms with Crippen LogP contribution >= 0.6 is 11.3 Å². The molecule has 5 heteroatoms. The first-order chi connectivity index (χ1) is 10.6. The summed E-state index contributed by atoms with van der Waals surface area (Å²) in [4.78, 5) is 17.5. The predicted octanol–water partition coefficient (Wildman–Crippen LogP) is 3.86. The zero-order chi connectivity index (χ0) is 15.5. The Bertz CT molecular complexity index is 677. The average Bonchev–Trinajstić information content (AvgIpc) is 3.10. The van der Waals surface area contributed by atoms with Crippen LogP contribution in [0.1, 0.15) is 36.3 Å². The molecule has 1 heterocycles. The molecule has 0 bridgehead atoms. The molecule has 3 rings (SSSR count). The molecule has 0 radical (unpaired) electrons. The lowest BCUT2D eigenvalue weighted by Gasteiger charge is -2.11. The van der Waals surface area contributed by atoms with Gasteiger partial charge in [-0.15, -0.1) is 11.3 Å². The van der Waals surface area contributed by atoms with Crippen molar-refractivity contribution in [3.05, 3.63) is 40.7 Å². The van der Waals surface area contributed by atoms with Crippen molar-refractivity contribution in [2.24, 2.45) is 0 Å². The molecule has 2 aromatic rings. The van der Waals surface area contributed by atoms with Crippen molar-refractivity contribution in [1.29, 1.82) is 0 Å². The number of aromatic nitrogens is 1. The molecule has 0 unspecified atom stereocenters. The maximum atomic E-state index is 13.8. The zero-order valence-electron chi connectivity index (χ0n) is 12.6. The van der Waals surface area contributed by atoms with Crippen LogP contribution in [0.5, 0.6) is 0 Å². The Morgan fingerprint density at radius 3 is 2.82 bits per heavy atom. The molecule has 1 fully saturated rings. The van der Waals surface area contributed by atoms with Crippen LogP contribution < -0.4 is 5.32 Å². The first-order valence-corrected chi connectivity index (χ1v) is 8.45. The fourth-order valence-electron chi connectivity index (χ4n) is 2.84. The fourth-order valence-corrected chi connectivity index (χ4v) is 3.92. The number of thiazole rings is 1. The molecule has 3 nitrogen and oxygen atoms in total. The maximum Gasteiger partial charge on any atom is 0.225 e. The van der Waals surface area contributed by atoms with Gasteiger partial charge in [-0.05, 0) is 31.9 Å². The molecule has 1 aromatic heterocycles. The van der Waals surface area contributed by atoms with Gasteiger partial charge in [0.15, 0.2) is 0 Å². The van der Waals surface area contributed by atoms with Gasteiger partial charge in [-0.3, -0.25) is 4.79 Å². The van der Waals surface area contributed by atoms with Crippen LogP contribution in [0, 0.1) is 12.7 Å². The largest absolute Gasteiger partial charge is 0.353 e. The van der Waals surface area contributed by atoms with Crippen molar-refractivity contribution >= 4 is 17.2 Å². The number of hydrogen-bond acceptors (Lipinski definition) is 3. The number of rotatable bonds is 4. The van der Waals surface area contributed by atoms with E-state index in [1.54, 1.807) is 18.2 Å². The predicted molar refractivity (Wildman–Crippen MR) is 86.3 cm³/mol. The van der Waals surface area contributed by atoms with Crippen molar-refractivity contribution in [2.75, 3.05) is 0 Å². The number of hydrogen-bond donors (Lipinski definition) is 1. The van der Waals surface area contributed by atoms with Crippen LogP contribution in [-0.2, 0) is 11.2 Å². The number of nitrogens with one attached hydrogen (secondary N) is 1. The minimum Gasteiger partial charge on any atom is -0.353 e. The highest BCUT2D eigenvalue weighted by Crippen LogP contribution is 2.30. The molecule has 1 aliphatic rings. The summed E-state index contributed by atoms with van der Waals surface area (Å²) in [5, 5.41) is 3.72. The summed E-state index contributed by atoms with van der Waals surface area (Å²) in [7, 11) is 0. The Labute approximate surface area is 133 Å². The van der Waals surface area contributed by atoms with Gasteiger partial charge < -0.3 is 5.32 Å². The molecular weight excluding hydrogens is 299 g/mol. The van der Waals surface area contributed by atoms with Crippen molar-refractivity contribution in [3.63, 3.8) is 0 Å². The van der Waals surface area contributed by atoms with Crippen molar-refractivity contribution in [1.82, 2.24) is 10.3 Å². The highest BCUT2D eigenvalue weighted by Gasteiger charge is 2.19. The summed E-state index contributed by atoms with van der Waals surface area (Å²) >= 11 is 1.40. The van der Waals surface area contributed by atoms with E-state index in [9.17, 15) is 9.18 Å². The van der Waals surface area contributed by atoms with E-state index in [0.717, 1.165) is 23.4 Å². The molecule has 0 saturated heterocycles. The number of amides is 1. The first-order valence-electron chi connectivity index (χ1n) is 7.64. The van der Waals surface area contributed by atoms with Gasteiger partial charge in [0.25, 0.3) is 0 Å². The van der Waals surface area contributed by atoms with E-state index < -0.39 is 0 Å². The Morgan fingerprint density at radius 1 is 1.36 bits per heavy atom. The Morgan fingerprint density at radius 2 is 2.09 bits per heavy atom. The normalized spacial score (nSPS) is 15.2. The van der Waals surface area contributed by atoms with E-state index in [4.69, 9.17) is 0 Å². The number of aryl methyl sites for hydroxylation is 1. The molecule has 116 valence electrons. The second-order valence-electron chi connectivity index (χ2n) is 5.73. The van der Waals surface area contributed by atoms with Crippen LogP contribution in [0.15, 0.2) is 24.3 Å². The van der Waals surface area contributed by atoms with Crippen LogP contribution in [0.4, 0.5) is 4.39 Å². The second-order valence-corrected chi connectivity index (χ2v) is 6.82. The number of carbonyl (C=O) groups is 1. The standard InChI is InChI=1S/C17H19FN2OS/c1-11-15(10-16(21)20-12-6-2-3-7-12)22-17(19-11)13-8-4-5-9-14(13)18/h4-5,8-9,12H,2-3,6-7,10H2,1H3,(H,20,21).